The first-order valence-corrected chi connectivity index (χ1v) is 10.6. The topological polar surface area (TPSA) is 78.5 Å². The first-order valence-electron chi connectivity index (χ1n) is 9.81. The van der Waals surface area contributed by atoms with E-state index in [9.17, 15) is 18.8 Å². The first kappa shape index (κ1) is 22.0. The van der Waals surface area contributed by atoms with Crippen LogP contribution in [0, 0.1) is 5.82 Å². The van der Waals surface area contributed by atoms with Gasteiger partial charge in [-0.2, -0.15) is 0 Å². The van der Waals surface area contributed by atoms with Gasteiger partial charge in [-0.25, -0.2) is 4.39 Å². The van der Waals surface area contributed by atoms with Gasteiger partial charge >= 0.3 is 0 Å². The molecule has 8 heteroatoms. The molecule has 2 N–H and O–H groups in total. The maximum Gasteiger partial charge on any atom is 0.256 e. The van der Waals surface area contributed by atoms with Crippen molar-refractivity contribution in [3.05, 3.63) is 69.9 Å². The van der Waals surface area contributed by atoms with Crippen molar-refractivity contribution in [3.63, 3.8) is 0 Å². The molecule has 0 atom stereocenters. The summed E-state index contributed by atoms with van der Waals surface area (Å²) in [6, 6.07) is 12.9. The molecule has 1 aliphatic rings. The second kappa shape index (κ2) is 10.3. The quantitative estimate of drug-likeness (QED) is 0.673. The Kier molecular flexibility index (Phi) is 7.57. The van der Waals surface area contributed by atoms with Crippen LogP contribution < -0.4 is 10.6 Å². The molecule has 0 aliphatic carbocycles. The van der Waals surface area contributed by atoms with Gasteiger partial charge in [-0.05, 0) is 49.2 Å². The lowest BCUT2D eigenvalue weighted by Crippen LogP contribution is -2.47. The summed E-state index contributed by atoms with van der Waals surface area (Å²) in [5.74, 6) is -1.23. The monoisotopic (exact) mass is 475 g/mol. The summed E-state index contributed by atoms with van der Waals surface area (Å²) < 4.78 is 14.7. The van der Waals surface area contributed by atoms with E-state index in [2.05, 4.69) is 26.6 Å². The maximum atomic E-state index is 13.8. The number of carbonyl (C=O) groups is 3. The Morgan fingerprint density at radius 3 is 2.37 bits per heavy atom. The van der Waals surface area contributed by atoms with Crippen LogP contribution in [0.3, 0.4) is 0 Å². The zero-order valence-corrected chi connectivity index (χ0v) is 18.0. The van der Waals surface area contributed by atoms with Gasteiger partial charge in [0, 0.05) is 42.1 Å². The molecule has 0 spiro atoms. The summed E-state index contributed by atoms with van der Waals surface area (Å²) in [4.78, 5) is 38.3. The fourth-order valence-corrected chi connectivity index (χ4v) is 3.59. The van der Waals surface area contributed by atoms with Crippen LogP contribution in [0.5, 0.6) is 0 Å². The van der Waals surface area contributed by atoms with E-state index in [-0.39, 0.29) is 42.3 Å². The Hall–Kier alpha value is -2.74. The van der Waals surface area contributed by atoms with Gasteiger partial charge in [-0.15, -0.1) is 0 Å². The second-order valence-corrected chi connectivity index (χ2v) is 8.04. The summed E-state index contributed by atoms with van der Waals surface area (Å²) >= 11 is 3.32. The van der Waals surface area contributed by atoms with Gasteiger partial charge in [-0.1, -0.05) is 28.1 Å². The molecule has 2 aromatic carbocycles. The van der Waals surface area contributed by atoms with E-state index in [0.717, 1.165) is 4.47 Å². The van der Waals surface area contributed by atoms with Crippen LogP contribution in [0.4, 0.5) is 4.39 Å². The van der Waals surface area contributed by atoms with Crippen LogP contribution >= 0.6 is 15.9 Å². The largest absolute Gasteiger partial charge is 0.353 e. The highest BCUT2D eigenvalue weighted by atomic mass is 79.9. The summed E-state index contributed by atoms with van der Waals surface area (Å²) in [7, 11) is 0. The zero-order chi connectivity index (χ0) is 21.5. The molecule has 0 radical (unpaired) electrons. The highest BCUT2D eigenvalue weighted by molar-refractivity contribution is 9.10. The van der Waals surface area contributed by atoms with E-state index in [1.54, 1.807) is 41.3 Å². The molecule has 1 saturated heterocycles. The highest BCUT2D eigenvalue weighted by Crippen LogP contribution is 2.16. The Labute approximate surface area is 183 Å². The van der Waals surface area contributed by atoms with Crippen molar-refractivity contribution in [2.45, 2.75) is 25.3 Å². The van der Waals surface area contributed by atoms with Crippen molar-refractivity contribution < 1.29 is 18.8 Å². The molecule has 1 heterocycles. The predicted octanol–water partition coefficient (Wildman–Crippen LogP) is 3.13. The second-order valence-electron chi connectivity index (χ2n) is 7.13. The van der Waals surface area contributed by atoms with Gasteiger partial charge in [-0.3, -0.25) is 14.4 Å². The normalized spacial score (nSPS) is 14.3. The maximum absolute atomic E-state index is 13.8. The van der Waals surface area contributed by atoms with Gasteiger partial charge in [0.05, 0.1) is 5.56 Å². The molecule has 6 nitrogen and oxygen atoms in total. The lowest BCUT2D eigenvalue weighted by atomic mass is 10.0. The van der Waals surface area contributed by atoms with Crippen molar-refractivity contribution in [1.82, 2.24) is 15.5 Å². The van der Waals surface area contributed by atoms with E-state index in [0.29, 0.717) is 31.5 Å². The van der Waals surface area contributed by atoms with Crippen molar-refractivity contribution >= 4 is 33.7 Å². The average molecular weight is 476 g/mol. The van der Waals surface area contributed by atoms with E-state index in [1.807, 2.05) is 0 Å². The van der Waals surface area contributed by atoms with Crippen LogP contribution in [0.2, 0.25) is 0 Å². The summed E-state index contributed by atoms with van der Waals surface area (Å²) in [5.41, 5.74) is 0.604. The smallest absolute Gasteiger partial charge is 0.256 e. The van der Waals surface area contributed by atoms with E-state index >= 15 is 0 Å². The molecule has 158 valence electrons. The van der Waals surface area contributed by atoms with Gasteiger partial charge in [0.15, 0.2) is 0 Å². The predicted molar refractivity (Wildman–Crippen MR) is 115 cm³/mol. The number of hydrogen-bond donors (Lipinski definition) is 2. The number of amides is 3. The minimum atomic E-state index is -0.525. The van der Waals surface area contributed by atoms with Gasteiger partial charge in [0.1, 0.15) is 5.82 Å². The number of benzene rings is 2. The number of nitrogens with zero attached hydrogens (tertiary/aromatic N) is 1. The molecule has 0 saturated carbocycles. The van der Waals surface area contributed by atoms with Crippen LogP contribution in [0.1, 0.15) is 40.0 Å². The van der Waals surface area contributed by atoms with Crippen molar-refractivity contribution in [3.8, 4) is 0 Å². The van der Waals surface area contributed by atoms with Gasteiger partial charge in [0.25, 0.3) is 11.8 Å². The van der Waals surface area contributed by atoms with E-state index in [4.69, 9.17) is 0 Å². The number of rotatable bonds is 6. The Morgan fingerprint density at radius 2 is 1.70 bits per heavy atom. The highest BCUT2D eigenvalue weighted by Gasteiger charge is 2.25. The van der Waals surface area contributed by atoms with Crippen molar-refractivity contribution in [2.24, 2.45) is 0 Å². The molecule has 3 rings (SSSR count). The van der Waals surface area contributed by atoms with Crippen LogP contribution in [-0.4, -0.2) is 48.3 Å². The van der Waals surface area contributed by atoms with Gasteiger partial charge < -0.3 is 15.5 Å². The fraction of sp³-hybridized carbons (Fsp3) is 0.318. The van der Waals surface area contributed by atoms with Crippen LogP contribution in [-0.2, 0) is 4.79 Å². The average Bonchev–Trinajstić information content (AvgIpc) is 2.74. The number of hydrogen-bond acceptors (Lipinski definition) is 3. The zero-order valence-electron chi connectivity index (χ0n) is 16.4. The lowest BCUT2D eigenvalue weighted by molar-refractivity contribution is -0.121. The molecule has 1 fully saturated rings. The van der Waals surface area contributed by atoms with Crippen molar-refractivity contribution in [2.75, 3.05) is 19.6 Å². The standard InChI is InChI=1S/C22H23BrFN3O3/c23-16-7-5-15(6-8-16)21(29)25-12-9-20(28)26-17-10-13-27(14-11-17)22(30)18-3-1-2-4-19(18)24/h1-8,17H,9-14H2,(H,25,29)(H,26,28). The molecule has 3 amide bonds. The minimum absolute atomic E-state index is 0.0376. The molecule has 0 bridgehead atoms. The van der Waals surface area contributed by atoms with E-state index in [1.165, 1.54) is 12.1 Å². The fourth-order valence-electron chi connectivity index (χ4n) is 3.32. The molecule has 0 aromatic heterocycles. The Bertz CT molecular complexity index is 912. The SMILES string of the molecule is O=C(CCNC(=O)c1ccc(Br)cc1)NC1CCN(C(=O)c2ccccc2F)CC1. The minimum Gasteiger partial charge on any atom is -0.353 e. The lowest BCUT2D eigenvalue weighted by Gasteiger charge is -2.32. The Morgan fingerprint density at radius 1 is 1.03 bits per heavy atom. The number of piperidine rings is 1. The van der Waals surface area contributed by atoms with Crippen LogP contribution in [0.15, 0.2) is 53.0 Å². The van der Waals surface area contributed by atoms with Gasteiger partial charge in [0.2, 0.25) is 5.91 Å². The molecular formula is C22H23BrFN3O3. The third kappa shape index (κ3) is 5.89. The third-order valence-corrected chi connectivity index (χ3v) is 5.52. The first-order chi connectivity index (χ1) is 14.4. The molecule has 0 unspecified atom stereocenters. The molecule has 1 aliphatic heterocycles. The number of nitrogens with one attached hydrogen (secondary N) is 2. The third-order valence-electron chi connectivity index (χ3n) is 5.00. The number of carbonyl (C=O) groups excluding carboxylic acids is 3. The van der Waals surface area contributed by atoms with E-state index < -0.39 is 5.82 Å². The van der Waals surface area contributed by atoms with Crippen molar-refractivity contribution in [1.29, 1.82) is 0 Å². The Balaban J connectivity index is 1.38. The summed E-state index contributed by atoms with van der Waals surface area (Å²) in [6.45, 7) is 1.15. The number of likely N-dealkylation sites (tertiary alicyclic amines) is 1. The number of halogens is 2. The molecular weight excluding hydrogens is 453 g/mol. The van der Waals surface area contributed by atoms with Crippen LogP contribution in [0.25, 0.3) is 0 Å². The molecule has 2 aromatic rings. The summed E-state index contributed by atoms with van der Waals surface area (Å²) in [5, 5.41) is 5.67. The summed E-state index contributed by atoms with van der Waals surface area (Å²) in [6.07, 6.45) is 1.39. The molecule has 30 heavy (non-hydrogen) atoms.